The Morgan fingerprint density at radius 1 is 1.30 bits per heavy atom. The van der Waals surface area contributed by atoms with Gasteiger partial charge in [0.15, 0.2) is 0 Å². The quantitative estimate of drug-likeness (QED) is 0.771. The monoisotopic (exact) mass is 296 g/mol. The van der Waals surface area contributed by atoms with Gasteiger partial charge in [-0.3, -0.25) is 0 Å². The van der Waals surface area contributed by atoms with E-state index in [1.165, 1.54) is 12.8 Å². The maximum Gasteiger partial charge on any atom is 0.240 e. The molecule has 1 unspecified atom stereocenters. The third-order valence-corrected chi connectivity index (χ3v) is 5.25. The molecule has 0 spiro atoms. The van der Waals surface area contributed by atoms with Crippen LogP contribution in [-0.4, -0.2) is 21.0 Å². The van der Waals surface area contributed by atoms with Gasteiger partial charge in [0.2, 0.25) is 10.0 Å². The van der Waals surface area contributed by atoms with E-state index in [-0.39, 0.29) is 6.04 Å². The second kappa shape index (κ2) is 6.70. The maximum absolute atomic E-state index is 12.2. The van der Waals surface area contributed by atoms with Crippen molar-refractivity contribution in [2.75, 3.05) is 6.54 Å². The van der Waals surface area contributed by atoms with E-state index in [0.29, 0.717) is 17.4 Å². The minimum atomic E-state index is -3.39. The third-order valence-electron chi connectivity index (χ3n) is 3.64. The molecule has 112 valence electrons. The van der Waals surface area contributed by atoms with Crippen LogP contribution in [0.25, 0.3) is 0 Å². The molecule has 20 heavy (non-hydrogen) atoms. The molecule has 0 aromatic heterocycles. The Morgan fingerprint density at radius 2 is 1.95 bits per heavy atom. The second-order valence-electron chi connectivity index (χ2n) is 5.74. The summed E-state index contributed by atoms with van der Waals surface area (Å²) in [6.07, 6.45) is 5.22. The predicted octanol–water partition coefficient (Wildman–Crippen LogP) is 2.04. The lowest BCUT2D eigenvalue weighted by atomic mass is 10.1. The van der Waals surface area contributed by atoms with Gasteiger partial charge in [0.25, 0.3) is 0 Å². The number of sulfonamides is 1. The van der Waals surface area contributed by atoms with Crippen LogP contribution in [0.4, 0.5) is 0 Å². The lowest BCUT2D eigenvalue weighted by Gasteiger charge is -2.14. The molecule has 0 amide bonds. The smallest absolute Gasteiger partial charge is 0.240 e. The van der Waals surface area contributed by atoms with Crippen molar-refractivity contribution in [1.29, 1.82) is 0 Å². The molecule has 1 aromatic carbocycles. The Morgan fingerprint density at radius 3 is 2.50 bits per heavy atom. The zero-order valence-electron chi connectivity index (χ0n) is 12.0. The Labute approximate surface area is 121 Å². The summed E-state index contributed by atoms with van der Waals surface area (Å²) in [5, 5.41) is 0. The molecule has 1 aromatic rings. The summed E-state index contributed by atoms with van der Waals surface area (Å²) in [5.41, 5.74) is 6.59. The zero-order valence-corrected chi connectivity index (χ0v) is 12.8. The molecule has 2 rings (SSSR count). The Hall–Kier alpha value is -0.910. The van der Waals surface area contributed by atoms with Gasteiger partial charge in [-0.05, 0) is 56.3 Å². The SMILES string of the molecule is CC(CC1CC1)NS(=O)(=O)c1ccc(CCCN)cc1. The van der Waals surface area contributed by atoms with Crippen LogP contribution in [0.1, 0.15) is 38.2 Å². The molecule has 1 aliphatic rings. The van der Waals surface area contributed by atoms with Gasteiger partial charge in [-0.1, -0.05) is 25.0 Å². The molecule has 0 bridgehead atoms. The van der Waals surface area contributed by atoms with Gasteiger partial charge in [0.05, 0.1) is 4.90 Å². The summed E-state index contributed by atoms with van der Waals surface area (Å²) < 4.78 is 27.2. The van der Waals surface area contributed by atoms with Gasteiger partial charge < -0.3 is 5.73 Å². The minimum absolute atomic E-state index is 0.00409. The van der Waals surface area contributed by atoms with Crippen molar-refractivity contribution in [3.8, 4) is 0 Å². The fourth-order valence-corrected chi connectivity index (χ4v) is 3.63. The van der Waals surface area contributed by atoms with Crippen LogP contribution in [0.2, 0.25) is 0 Å². The molecule has 4 nitrogen and oxygen atoms in total. The number of nitrogens with two attached hydrogens (primary N) is 1. The van der Waals surface area contributed by atoms with E-state index in [4.69, 9.17) is 5.73 Å². The molecule has 0 heterocycles. The molecule has 0 radical (unpaired) electrons. The Kier molecular flexibility index (Phi) is 5.18. The summed E-state index contributed by atoms with van der Waals surface area (Å²) in [4.78, 5) is 0.344. The van der Waals surface area contributed by atoms with E-state index in [9.17, 15) is 8.42 Å². The number of aryl methyl sites for hydroxylation is 1. The van der Waals surface area contributed by atoms with Crippen LogP contribution in [-0.2, 0) is 16.4 Å². The summed E-state index contributed by atoms with van der Waals surface area (Å²) in [6.45, 7) is 2.59. The van der Waals surface area contributed by atoms with Crippen LogP contribution in [0.15, 0.2) is 29.2 Å². The number of nitrogens with one attached hydrogen (secondary N) is 1. The molecule has 5 heteroatoms. The van der Waals surface area contributed by atoms with E-state index >= 15 is 0 Å². The number of rotatable bonds is 8. The van der Waals surface area contributed by atoms with Crippen molar-refractivity contribution >= 4 is 10.0 Å². The molecule has 1 fully saturated rings. The Bertz CT molecular complexity index is 521. The first-order chi connectivity index (χ1) is 9.51. The van der Waals surface area contributed by atoms with Gasteiger partial charge in [-0.2, -0.15) is 0 Å². The van der Waals surface area contributed by atoms with E-state index in [0.717, 1.165) is 24.8 Å². The first-order valence-corrected chi connectivity index (χ1v) is 8.81. The molecule has 1 atom stereocenters. The maximum atomic E-state index is 12.2. The summed E-state index contributed by atoms with van der Waals surface area (Å²) >= 11 is 0. The third kappa shape index (κ3) is 4.58. The van der Waals surface area contributed by atoms with Crippen LogP contribution >= 0.6 is 0 Å². The van der Waals surface area contributed by atoms with Crippen molar-refractivity contribution in [2.24, 2.45) is 11.7 Å². The number of benzene rings is 1. The van der Waals surface area contributed by atoms with Crippen LogP contribution in [0, 0.1) is 5.92 Å². The molecular formula is C15H24N2O2S. The molecule has 3 N–H and O–H groups in total. The van der Waals surface area contributed by atoms with Crippen LogP contribution in [0.5, 0.6) is 0 Å². The predicted molar refractivity (Wildman–Crippen MR) is 80.9 cm³/mol. The lowest BCUT2D eigenvalue weighted by molar-refractivity contribution is 0.530. The van der Waals surface area contributed by atoms with E-state index in [1.54, 1.807) is 12.1 Å². The van der Waals surface area contributed by atoms with Crippen molar-refractivity contribution < 1.29 is 8.42 Å². The van der Waals surface area contributed by atoms with Crippen LogP contribution < -0.4 is 10.5 Å². The van der Waals surface area contributed by atoms with Gasteiger partial charge >= 0.3 is 0 Å². The molecule has 0 saturated heterocycles. The molecule has 0 aliphatic heterocycles. The van der Waals surface area contributed by atoms with Gasteiger partial charge in [0.1, 0.15) is 0 Å². The van der Waals surface area contributed by atoms with Crippen molar-refractivity contribution in [2.45, 2.75) is 50.0 Å². The average Bonchev–Trinajstić information content (AvgIpc) is 3.20. The Balaban J connectivity index is 1.97. The second-order valence-corrected chi connectivity index (χ2v) is 7.45. The number of hydrogen-bond donors (Lipinski definition) is 2. The van der Waals surface area contributed by atoms with E-state index in [1.807, 2.05) is 19.1 Å². The zero-order chi connectivity index (χ0) is 14.6. The first-order valence-electron chi connectivity index (χ1n) is 7.32. The largest absolute Gasteiger partial charge is 0.330 e. The van der Waals surface area contributed by atoms with Crippen molar-refractivity contribution in [3.05, 3.63) is 29.8 Å². The van der Waals surface area contributed by atoms with Crippen molar-refractivity contribution in [1.82, 2.24) is 4.72 Å². The lowest BCUT2D eigenvalue weighted by Crippen LogP contribution is -2.32. The molecular weight excluding hydrogens is 272 g/mol. The molecule has 1 aliphatic carbocycles. The highest BCUT2D eigenvalue weighted by atomic mass is 32.2. The highest BCUT2D eigenvalue weighted by molar-refractivity contribution is 7.89. The minimum Gasteiger partial charge on any atom is -0.330 e. The summed E-state index contributed by atoms with van der Waals surface area (Å²) in [6, 6.07) is 7.10. The summed E-state index contributed by atoms with van der Waals surface area (Å²) in [5.74, 6) is 0.714. The highest BCUT2D eigenvalue weighted by Crippen LogP contribution is 2.33. The van der Waals surface area contributed by atoms with Crippen molar-refractivity contribution in [3.63, 3.8) is 0 Å². The molecule has 1 saturated carbocycles. The van der Waals surface area contributed by atoms with E-state index in [2.05, 4.69) is 4.72 Å². The average molecular weight is 296 g/mol. The van der Waals surface area contributed by atoms with Gasteiger partial charge in [-0.15, -0.1) is 0 Å². The van der Waals surface area contributed by atoms with Gasteiger partial charge in [0, 0.05) is 6.04 Å². The first kappa shape index (κ1) is 15.5. The van der Waals surface area contributed by atoms with Crippen LogP contribution in [0.3, 0.4) is 0 Å². The van der Waals surface area contributed by atoms with Gasteiger partial charge in [-0.25, -0.2) is 13.1 Å². The summed E-state index contributed by atoms with van der Waals surface area (Å²) in [7, 11) is -3.39. The standard InChI is InChI=1S/C15H24N2O2S/c1-12(11-14-4-5-14)17-20(18,19)15-8-6-13(7-9-15)3-2-10-16/h6-9,12,14,17H,2-5,10-11,16H2,1H3. The fourth-order valence-electron chi connectivity index (χ4n) is 2.38. The fraction of sp³-hybridized carbons (Fsp3) is 0.600. The highest BCUT2D eigenvalue weighted by Gasteiger charge is 2.26. The number of hydrogen-bond acceptors (Lipinski definition) is 3. The van der Waals surface area contributed by atoms with E-state index < -0.39 is 10.0 Å². The topological polar surface area (TPSA) is 72.2 Å². The normalized spacial score (nSPS) is 17.1.